The van der Waals surface area contributed by atoms with Crippen LogP contribution in [0.4, 0.5) is 23.0 Å². The molecule has 10 nitrogen and oxygen atoms in total. The summed E-state index contributed by atoms with van der Waals surface area (Å²) in [6, 6.07) is 11.8. The topological polar surface area (TPSA) is 131 Å². The van der Waals surface area contributed by atoms with Gasteiger partial charge in [-0.25, -0.2) is 9.97 Å². The number of benzene rings is 2. The summed E-state index contributed by atoms with van der Waals surface area (Å²) in [4.78, 5) is 30.8. The van der Waals surface area contributed by atoms with Crippen LogP contribution >= 0.6 is 23.2 Å². The Morgan fingerprint density at radius 1 is 1.16 bits per heavy atom. The zero-order valence-electron chi connectivity index (χ0n) is 16.1. The third-order valence-corrected chi connectivity index (χ3v) is 4.51. The number of hydrazine groups is 1. The first-order chi connectivity index (χ1) is 14.8. The van der Waals surface area contributed by atoms with Crippen molar-refractivity contribution in [2.45, 2.75) is 6.92 Å². The fourth-order valence-corrected chi connectivity index (χ4v) is 2.94. The Morgan fingerprint density at radius 3 is 2.61 bits per heavy atom. The lowest BCUT2D eigenvalue weighted by Gasteiger charge is -2.12. The van der Waals surface area contributed by atoms with Crippen molar-refractivity contribution in [1.29, 1.82) is 0 Å². The number of anilines is 3. The van der Waals surface area contributed by atoms with Crippen LogP contribution in [0.2, 0.25) is 10.0 Å². The van der Waals surface area contributed by atoms with Gasteiger partial charge in [0.05, 0.1) is 9.95 Å². The summed E-state index contributed by atoms with van der Waals surface area (Å²) in [6.45, 7) is 1.45. The zero-order valence-corrected chi connectivity index (χ0v) is 17.6. The van der Waals surface area contributed by atoms with Gasteiger partial charge in [0.15, 0.2) is 6.61 Å². The van der Waals surface area contributed by atoms with Crippen molar-refractivity contribution >= 4 is 52.1 Å². The quantitative estimate of drug-likeness (QED) is 0.334. The van der Waals surface area contributed by atoms with Gasteiger partial charge in [0.1, 0.15) is 12.1 Å². The molecule has 3 aromatic rings. The summed E-state index contributed by atoms with van der Waals surface area (Å²) in [6.07, 6.45) is 1.13. The van der Waals surface area contributed by atoms with Crippen LogP contribution in [0.3, 0.4) is 0 Å². The van der Waals surface area contributed by atoms with Gasteiger partial charge in [-0.15, -0.1) is 0 Å². The molecule has 0 aliphatic carbocycles. The Balaban J connectivity index is 1.69. The number of para-hydroxylation sites is 1. The van der Waals surface area contributed by atoms with E-state index in [1.165, 1.54) is 12.1 Å². The predicted molar refractivity (Wildman–Crippen MR) is 117 cm³/mol. The normalized spacial score (nSPS) is 10.3. The van der Waals surface area contributed by atoms with Crippen LogP contribution in [-0.4, -0.2) is 27.4 Å². The molecule has 160 valence electrons. The summed E-state index contributed by atoms with van der Waals surface area (Å²) in [5, 5.41) is 15.2. The maximum Gasteiger partial charge on any atom is 0.355 e. The molecule has 3 N–H and O–H groups in total. The SMILES string of the molecule is Cc1ccccc1Nc1ncnc(NNC(=O)COc2ccc(Cl)cc2Cl)c1[N+](=O)[O-]. The van der Waals surface area contributed by atoms with E-state index in [4.69, 9.17) is 27.9 Å². The smallest absolute Gasteiger partial charge is 0.355 e. The van der Waals surface area contributed by atoms with Gasteiger partial charge in [0.2, 0.25) is 11.6 Å². The fourth-order valence-electron chi connectivity index (χ4n) is 2.48. The van der Waals surface area contributed by atoms with Gasteiger partial charge >= 0.3 is 5.69 Å². The van der Waals surface area contributed by atoms with E-state index in [2.05, 4.69) is 26.1 Å². The number of aryl methyl sites for hydroxylation is 1. The number of rotatable bonds is 8. The molecule has 0 saturated carbocycles. The Kier molecular flexibility index (Phi) is 7.06. The summed E-state index contributed by atoms with van der Waals surface area (Å²) in [7, 11) is 0. The number of nitrogens with zero attached hydrogens (tertiary/aromatic N) is 3. The average molecular weight is 463 g/mol. The van der Waals surface area contributed by atoms with E-state index < -0.39 is 23.1 Å². The first kappa shape index (κ1) is 22.1. The highest BCUT2D eigenvalue weighted by molar-refractivity contribution is 6.35. The van der Waals surface area contributed by atoms with E-state index >= 15 is 0 Å². The van der Waals surface area contributed by atoms with E-state index in [-0.39, 0.29) is 22.4 Å². The molecule has 0 fully saturated rings. The van der Waals surface area contributed by atoms with E-state index in [0.29, 0.717) is 10.7 Å². The Labute approximate surface area is 186 Å². The minimum Gasteiger partial charge on any atom is -0.482 e. The monoisotopic (exact) mass is 462 g/mol. The standard InChI is InChI=1S/C19H16Cl2N6O4/c1-11-4-2-3-5-14(11)24-18-17(27(29)30)19(23-10-22-18)26-25-16(28)9-31-15-7-6-12(20)8-13(15)21/h2-8,10H,9H2,1H3,(H,25,28)(H2,22,23,24,26). The second-order valence-electron chi connectivity index (χ2n) is 6.15. The van der Waals surface area contributed by atoms with Crippen LogP contribution in [0.5, 0.6) is 5.75 Å². The molecule has 0 saturated heterocycles. The molecule has 0 spiro atoms. The molecule has 31 heavy (non-hydrogen) atoms. The predicted octanol–water partition coefficient (Wildman–Crippen LogP) is 4.27. The number of hydrogen-bond acceptors (Lipinski definition) is 8. The molecule has 1 amide bonds. The van der Waals surface area contributed by atoms with Gasteiger partial charge in [-0.3, -0.25) is 25.8 Å². The van der Waals surface area contributed by atoms with Crippen molar-refractivity contribution in [1.82, 2.24) is 15.4 Å². The molecule has 12 heteroatoms. The van der Waals surface area contributed by atoms with E-state index in [1.54, 1.807) is 18.2 Å². The van der Waals surface area contributed by atoms with Gasteiger partial charge in [-0.2, -0.15) is 0 Å². The lowest BCUT2D eigenvalue weighted by Crippen LogP contribution is -2.34. The lowest BCUT2D eigenvalue weighted by molar-refractivity contribution is -0.383. The van der Waals surface area contributed by atoms with Crippen LogP contribution in [0.25, 0.3) is 0 Å². The van der Waals surface area contributed by atoms with Crippen LogP contribution in [0.1, 0.15) is 5.56 Å². The van der Waals surface area contributed by atoms with Gasteiger partial charge in [0.25, 0.3) is 5.91 Å². The zero-order chi connectivity index (χ0) is 22.4. The molecule has 1 aromatic heterocycles. The van der Waals surface area contributed by atoms with E-state index in [9.17, 15) is 14.9 Å². The van der Waals surface area contributed by atoms with Gasteiger partial charge in [-0.1, -0.05) is 41.4 Å². The molecule has 0 atom stereocenters. The van der Waals surface area contributed by atoms with Gasteiger partial charge in [-0.05, 0) is 36.8 Å². The number of halogens is 2. The number of ether oxygens (including phenoxy) is 1. The van der Waals surface area contributed by atoms with Crippen molar-refractivity contribution in [3.8, 4) is 5.75 Å². The average Bonchev–Trinajstić information content (AvgIpc) is 2.73. The molecule has 0 unspecified atom stereocenters. The summed E-state index contributed by atoms with van der Waals surface area (Å²) >= 11 is 11.8. The van der Waals surface area contributed by atoms with Crippen molar-refractivity contribution < 1.29 is 14.5 Å². The molecular weight excluding hydrogens is 447 g/mol. The minimum atomic E-state index is -0.654. The highest BCUT2D eigenvalue weighted by Gasteiger charge is 2.24. The van der Waals surface area contributed by atoms with Crippen molar-refractivity contribution in [2.24, 2.45) is 0 Å². The number of carbonyl (C=O) groups is 1. The minimum absolute atomic E-state index is 0.0322. The molecular formula is C19H16Cl2N6O4. The highest BCUT2D eigenvalue weighted by Crippen LogP contribution is 2.31. The van der Waals surface area contributed by atoms with Crippen LogP contribution in [0.15, 0.2) is 48.8 Å². The molecule has 0 radical (unpaired) electrons. The van der Waals surface area contributed by atoms with Crippen molar-refractivity contribution in [2.75, 3.05) is 17.3 Å². The van der Waals surface area contributed by atoms with Crippen molar-refractivity contribution in [3.63, 3.8) is 0 Å². The van der Waals surface area contributed by atoms with Crippen molar-refractivity contribution in [3.05, 3.63) is 74.5 Å². The molecule has 0 aliphatic rings. The maximum atomic E-state index is 12.1. The molecule has 0 bridgehead atoms. The first-order valence-corrected chi connectivity index (χ1v) is 9.55. The molecule has 0 aliphatic heterocycles. The fraction of sp³-hybridized carbons (Fsp3) is 0.105. The number of carbonyl (C=O) groups excluding carboxylic acids is 1. The number of aromatic nitrogens is 2. The van der Waals surface area contributed by atoms with Crippen LogP contribution in [-0.2, 0) is 4.79 Å². The summed E-state index contributed by atoms with van der Waals surface area (Å²) < 4.78 is 5.31. The number of nitrogens with one attached hydrogen (secondary N) is 3. The lowest BCUT2D eigenvalue weighted by atomic mass is 10.2. The second-order valence-corrected chi connectivity index (χ2v) is 7.00. The Bertz CT molecular complexity index is 1130. The largest absolute Gasteiger partial charge is 0.482 e. The molecule has 3 rings (SSSR count). The molecule has 2 aromatic carbocycles. The van der Waals surface area contributed by atoms with Crippen LogP contribution in [0, 0.1) is 17.0 Å². The highest BCUT2D eigenvalue weighted by atomic mass is 35.5. The number of amides is 1. The number of hydrogen-bond donors (Lipinski definition) is 3. The second kappa shape index (κ2) is 9.92. The Hall–Kier alpha value is -3.63. The number of nitro groups is 1. The third-order valence-electron chi connectivity index (χ3n) is 3.98. The summed E-state index contributed by atoms with van der Waals surface area (Å²) in [5.41, 5.74) is 5.80. The third kappa shape index (κ3) is 5.71. The Morgan fingerprint density at radius 2 is 1.90 bits per heavy atom. The van der Waals surface area contributed by atoms with E-state index in [1.807, 2.05) is 19.1 Å². The maximum absolute atomic E-state index is 12.1. The molecule has 1 heterocycles. The van der Waals surface area contributed by atoms with Gasteiger partial charge in [0, 0.05) is 10.7 Å². The van der Waals surface area contributed by atoms with Crippen LogP contribution < -0.4 is 20.9 Å². The first-order valence-electron chi connectivity index (χ1n) is 8.80. The van der Waals surface area contributed by atoms with E-state index in [0.717, 1.165) is 11.9 Å². The summed E-state index contributed by atoms with van der Waals surface area (Å²) in [5.74, 6) is -0.588. The van der Waals surface area contributed by atoms with Gasteiger partial charge < -0.3 is 10.1 Å².